The molecule has 0 spiro atoms. The minimum absolute atomic E-state index is 0.124. The number of carbonyl (C=O) groups is 1. The van der Waals surface area contributed by atoms with Gasteiger partial charge in [0.15, 0.2) is 0 Å². The SMILES string of the molecule is CCC(=O)C(C)NS(=O)(=O)c1cccc(C)c1. The predicted molar refractivity (Wildman–Crippen MR) is 66.3 cm³/mol. The Labute approximate surface area is 102 Å². The molecule has 17 heavy (non-hydrogen) atoms. The van der Waals surface area contributed by atoms with Gasteiger partial charge >= 0.3 is 0 Å². The molecule has 94 valence electrons. The van der Waals surface area contributed by atoms with E-state index >= 15 is 0 Å². The molecule has 0 aromatic heterocycles. The molecular formula is C12H17NO3S. The molecule has 1 aromatic carbocycles. The van der Waals surface area contributed by atoms with Crippen molar-refractivity contribution in [2.24, 2.45) is 0 Å². The molecule has 1 aromatic rings. The van der Waals surface area contributed by atoms with Gasteiger partial charge in [-0.25, -0.2) is 13.1 Å². The standard InChI is InChI=1S/C12H17NO3S/c1-4-12(14)10(3)13-17(15,16)11-7-5-6-9(2)8-11/h5-8,10,13H,4H2,1-3H3. The Morgan fingerprint density at radius 2 is 2.06 bits per heavy atom. The van der Waals surface area contributed by atoms with Crippen LogP contribution in [0.15, 0.2) is 29.2 Å². The zero-order chi connectivity index (χ0) is 13.1. The van der Waals surface area contributed by atoms with Crippen LogP contribution in [0, 0.1) is 6.92 Å². The van der Waals surface area contributed by atoms with Crippen LogP contribution < -0.4 is 4.72 Å². The second-order valence-electron chi connectivity index (χ2n) is 3.98. The van der Waals surface area contributed by atoms with E-state index in [4.69, 9.17) is 0 Å². The monoisotopic (exact) mass is 255 g/mol. The number of ketones is 1. The lowest BCUT2D eigenvalue weighted by molar-refractivity contribution is -0.119. The number of Topliss-reactive ketones (excluding diaryl/α,β-unsaturated/α-hetero) is 1. The Morgan fingerprint density at radius 1 is 1.41 bits per heavy atom. The molecule has 1 unspecified atom stereocenters. The van der Waals surface area contributed by atoms with Gasteiger partial charge in [0.05, 0.1) is 10.9 Å². The summed E-state index contributed by atoms with van der Waals surface area (Å²) in [6, 6.07) is 5.89. The van der Waals surface area contributed by atoms with Gasteiger partial charge in [0.2, 0.25) is 10.0 Å². The molecule has 1 rings (SSSR count). The maximum absolute atomic E-state index is 12.0. The summed E-state index contributed by atoms with van der Waals surface area (Å²) in [6.45, 7) is 5.08. The Hall–Kier alpha value is -1.20. The van der Waals surface area contributed by atoms with Gasteiger partial charge in [-0.3, -0.25) is 4.79 Å². The van der Waals surface area contributed by atoms with Crippen LogP contribution in [0.3, 0.4) is 0 Å². The summed E-state index contributed by atoms with van der Waals surface area (Å²) in [5.74, 6) is -0.124. The van der Waals surface area contributed by atoms with Gasteiger partial charge in [-0.15, -0.1) is 0 Å². The van der Waals surface area contributed by atoms with E-state index in [0.717, 1.165) is 5.56 Å². The molecule has 5 heteroatoms. The fourth-order valence-electron chi connectivity index (χ4n) is 1.46. The predicted octanol–water partition coefficient (Wildman–Crippen LogP) is 1.64. The Bertz CT molecular complexity index is 508. The highest BCUT2D eigenvalue weighted by Crippen LogP contribution is 2.11. The molecule has 0 aliphatic rings. The molecule has 0 heterocycles. The number of aryl methyl sites for hydroxylation is 1. The molecule has 1 atom stereocenters. The second kappa shape index (κ2) is 5.42. The number of hydrogen-bond acceptors (Lipinski definition) is 3. The van der Waals surface area contributed by atoms with E-state index in [2.05, 4.69) is 4.72 Å². The van der Waals surface area contributed by atoms with Crippen molar-refractivity contribution in [3.05, 3.63) is 29.8 Å². The van der Waals surface area contributed by atoms with E-state index in [1.165, 1.54) is 6.07 Å². The molecule has 0 saturated carbocycles. The quantitative estimate of drug-likeness (QED) is 0.870. The second-order valence-corrected chi connectivity index (χ2v) is 5.69. The molecule has 0 aliphatic carbocycles. The third-order valence-corrected chi connectivity index (χ3v) is 4.00. The van der Waals surface area contributed by atoms with Gasteiger partial charge in [0.1, 0.15) is 5.78 Å². The number of benzene rings is 1. The minimum atomic E-state index is -3.61. The third kappa shape index (κ3) is 3.64. The van der Waals surface area contributed by atoms with Crippen LogP contribution in [0.25, 0.3) is 0 Å². The number of carbonyl (C=O) groups excluding carboxylic acids is 1. The molecule has 0 saturated heterocycles. The summed E-state index contributed by atoms with van der Waals surface area (Å²) in [5, 5.41) is 0. The van der Waals surface area contributed by atoms with Crippen molar-refractivity contribution in [2.45, 2.75) is 38.1 Å². The van der Waals surface area contributed by atoms with Crippen molar-refractivity contribution in [1.82, 2.24) is 4.72 Å². The normalized spacial score (nSPS) is 13.4. The fraction of sp³-hybridized carbons (Fsp3) is 0.417. The molecule has 1 N–H and O–H groups in total. The number of nitrogens with one attached hydrogen (secondary N) is 1. The summed E-state index contributed by atoms with van der Waals surface area (Å²) in [7, 11) is -3.61. The van der Waals surface area contributed by atoms with Crippen LogP contribution in [0.1, 0.15) is 25.8 Å². The van der Waals surface area contributed by atoms with Gasteiger partial charge in [-0.1, -0.05) is 19.1 Å². The van der Waals surface area contributed by atoms with Crippen molar-refractivity contribution in [3.63, 3.8) is 0 Å². The summed E-state index contributed by atoms with van der Waals surface area (Å²) >= 11 is 0. The lowest BCUT2D eigenvalue weighted by Crippen LogP contribution is -2.38. The van der Waals surface area contributed by atoms with Crippen LogP contribution >= 0.6 is 0 Å². The van der Waals surface area contributed by atoms with Gasteiger partial charge in [0.25, 0.3) is 0 Å². The molecule has 0 radical (unpaired) electrons. The van der Waals surface area contributed by atoms with Crippen LogP contribution in [0.4, 0.5) is 0 Å². The third-order valence-electron chi connectivity index (χ3n) is 2.46. The number of hydrogen-bond donors (Lipinski definition) is 1. The average Bonchev–Trinajstić information content (AvgIpc) is 2.27. The highest BCUT2D eigenvalue weighted by molar-refractivity contribution is 7.89. The zero-order valence-electron chi connectivity index (χ0n) is 10.2. The van der Waals surface area contributed by atoms with Crippen LogP contribution in [-0.4, -0.2) is 20.2 Å². The Morgan fingerprint density at radius 3 is 2.59 bits per heavy atom. The van der Waals surface area contributed by atoms with Gasteiger partial charge in [-0.2, -0.15) is 0 Å². The lowest BCUT2D eigenvalue weighted by Gasteiger charge is -2.12. The Balaban J connectivity index is 2.93. The van der Waals surface area contributed by atoms with Crippen molar-refractivity contribution < 1.29 is 13.2 Å². The van der Waals surface area contributed by atoms with E-state index in [-0.39, 0.29) is 10.7 Å². The van der Waals surface area contributed by atoms with Crippen molar-refractivity contribution in [1.29, 1.82) is 0 Å². The summed E-state index contributed by atoms with van der Waals surface area (Å²) in [4.78, 5) is 11.5. The minimum Gasteiger partial charge on any atom is -0.298 e. The maximum atomic E-state index is 12.0. The average molecular weight is 255 g/mol. The molecular weight excluding hydrogens is 238 g/mol. The first-order valence-electron chi connectivity index (χ1n) is 5.48. The number of sulfonamides is 1. The van der Waals surface area contributed by atoms with Crippen molar-refractivity contribution in [2.75, 3.05) is 0 Å². The van der Waals surface area contributed by atoms with E-state index in [1.54, 1.807) is 26.0 Å². The highest BCUT2D eigenvalue weighted by atomic mass is 32.2. The van der Waals surface area contributed by atoms with E-state index in [0.29, 0.717) is 6.42 Å². The molecule has 0 fully saturated rings. The first-order chi connectivity index (χ1) is 7.86. The van der Waals surface area contributed by atoms with Crippen LogP contribution in [0.5, 0.6) is 0 Å². The lowest BCUT2D eigenvalue weighted by atomic mass is 10.2. The molecule has 4 nitrogen and oxygen atoms in total. The van der Waals surface area contributed by atoms with E-state index < -0.39 is 16.1 Å². The van der Waals surface area contributed by atoms with Gasteiger partial charge in [0, 0.05) is 6.42 Å². The van der Waals surface area contributed by atoms with Crippen LogP contribution in [-0.2, 0) is 14.8 Å². The summed E-state index contributed by atoms with van der Waals surface area (Å²) in [5.41, 5.74) is 0.863. The topological polar surface area (TPSA) is 63.2 Å². The summed E-state index contributed by atoms with van der Waals surface area (Å²) < 4.78 is 26.3. The van der Waals surface area contributed by atoms with E-state index in [9.17, 15) is 13.2 Å². The fourth-order valence-corrected chi connectivity index (χ4v) is 2.79. The smallest absolute Gasteiger partial charge is 0.241 e. The summed E-state index contributed by atoms with van der Waals surface area (Å²) in [6.07, 6.45) is 0.317. The van der Waals surface area contributed by atoms with Crippen molar-refractivity contribution in [3.8, 4) is 0 Å². The highest BCUT2D eigenvalue weighted by Gasteiger charge is 2.20. The largest absolute Gasteiger partial charge is 0.298 e. The van der Waals surface area contributed by atoms with Crippen LogP contribution in [0.2, 0.25) is 0 Å². The first-order valence-corrected chi connectivity index (χ1v) is 6.97. The van der Waals surface area contributed by atoms with Crippen molar-refractivity contribution >= 4 is 15.8 Å². The maximum Gasteiger partial charge on any atom is 0.241 e. The molecule has 0 amide bonds. The van der Waals surface area contributed by atoms with Gasteiger partial charge in [-0.05, 0) is 31.5 Å². The molecule has 0 bridgehead atoms. The first kappa shape index (κ1) is 13.9. The number of rotatable bonds is 5. The van der Waals surface area contributed by atoms with E-state index in [1.807, 2.05) is 13.0 Å². The van der Waals surface area contributed by atoms with Gasteiger partial charge < -0.3 is 0 Å². The molecule has 0 aliphatic heterocycles. The Kier molecular flexibility index (Phi) is 4.42. The zero-order valence-corrected chi connectivity index (χ0v) is 11.0.